The molecule has 1 aliphatic rings. The third kappa shape index (κ3) is 8.59. The first-order chi connectivity index (χ1) is 13.1. The van der Waals surface area contributed by atoms with Gasteiger partial charge in [-0.05, 0) is 38.0 Å². The number of aliphatic imine (C=N–C) groups is 1. The molecular formula is C19H28F2IN3O3. The molecule has 1 aromatic carbocycles. The summed E-state index contributed by atoms with van der Waals surface area (Å²) < 4.78 is 40.3. The molecule has 0 amide bonds. The van der Waals surface area contributed by atoms with Crippen molar-refractivity contribution in [1.29, 1.82) is 0 Å². The van der Waals surface area contributed by atoms with Crippen molar-refractivity contribution in [1.82, 2.24) is 10.6 Å². The van der Waals surface area contributed by atoms with E-state index in [4.69, 9.17) is 9.47 Å². The molecule has 158 valence electrons. The first-order valence-electron chi connectivity index (χ1n) is 9.02. The van der Waals surface area contributed by atoms with Crippen molar-refractivity contribution in [3.8, 4) is 11.5 Å². The second-order valence-corrected chi connectivity index (χ2v) is 5.91. The summed E-state index contributed by atoms with van der Waals surface area (Å²) in [4.78, 5) is 4.48. The Bertz CT molecular complexity index is 657. The minimum Gasteiger partial charge on any atom is -0.497 e. The van der Waals surface area contributed by atoms with E-state index in [2.05, 4.69) is 26.4 Å². The van der Waals surface area contributed by atoms with Gasteiger partial charge in [0.25, 0.3) is 0 Å². The van der Waals surface area contributed by atoms with Gasteiger partial charge in [0.15, 0.2) is 5.96 Å². The minimum atomic E-state index is -2.89. The van der Waals surface area contributed by atoms with Crippen molar-refractivity contribution >= 4 is 29.9 Å². The predicted octanol–water partition coefficient (Wildman–Crippen LogP) is 3.71. The van der Waals surface area contributed by atoms with Crippen LogP contribution in [0, 0.1) is 0 Å². The standard InChI is InChI=1S/C19H27F2N3O3.HI/c1-3-22-19(23-9-6-14-7-10-26-11-8-14)24-13-15-12-16(25-2)4-5-17(15)27-18(20)21;/h4-5,7,12,18H,3,6,8-11,13H2,1-2H3,(H2,22,23,24);1H. The SMILES string of the molecule is CCNC(=NCc1cc(OC)ccc1OC(F)F)NCCC1=CCOCC1.I. The molecule has 0 atom stereocenters. The normalized spacial score (nSPS) is 14.2. The number of hydrogen-bond acceptors (Lipinski definition) is 4. The first-order valence-corrected chi connectivity index (χ1v) is 9.02. The van der Waals surface area contributed by atoms with Gasteiger partial charge in [-0.15, -0.1) is 24.0 Å². The molecule has 0 unspecified atom stereocenters. The van der Waals surface area contributed by atoms with Crippen LogP contribution in [0.15, 0.2) is 34.8 Å². The molecule has 0 aromatic heterocycles. The van der Waals surface area contributed by atoms with Crippen LogP contribution in [-0.2, 0) is 11.3 Å². The van der Waals surface area contributed by atoms with Crippen LogP contribution in [-0.4, -0.2) is 46.0 Å². The maximum absolute atomic E-state index is 12.6. The number of nitrogens with zero attached hydrogens (tertiary/aromatic N) is 1. The molecule has 0 bridgehead atoms. The summed E-state index contributed by atoms with van der Waals surface area (Å²) in [5, 5.41) is 6.42. The number of hydrogen-bond donors (Lipinski definition) is 2. The van der Waals surface area contributed by atoms with E-state index in [9.17, 15) is 8.78 Å². The molecule has 0 spiro atoms. The van der Waals surface area contributed by atoms with Crippen molar-refractivity contribution in [3.05, 3.63) is 35.4 Å². The van der Waals surface area contributed by atoms with Crippen molar-refractivity contribution in [2.75, 3.05) is 33.4 Å². The maximum atomic E-state index is 12.6. The summed E-state index contributed by atoms with van der Waals surface area (Å²) in [5.41, 5.74) is 1.89. The number of rotatable bonds is 9. The highest BCUT2D eigenvalue weighted by Crippen LogP contribution is 2.26. The predicted molar refractivity (Wildman–Crippen MR) is 116 cm³/mol. The van der Waals surface area contributed by atoms with Gasteiger partial charge >= 0.3 is 6.61 Å². The average molecular weight is 511 g/mol. The lowest BCUT2D eigenvalue weighted by atomic mass is 10.1. The van der Waals surface area contributed by atoms with E-state index in [1.807, 2.05) is 6.92 Å². The van der Waals surface area contributed by atoms with Crippen LogP contribution in [0.1, 0.15) is 25.3 Å². The Kier molecular flexibility index (Phi) is 11.8. The van der Waals surface area contributed by atoms with Gasteiger partial charge in [0.2, 0.25) is 0 Å². The Morgan fingerprint density at radius 2 is 2.14 bits per heavy atom. The van der Waals surface area contributed by atoms with Crippen LogP contribution in [0.4, 0.5) is 8.78 Å². The molecule has 1 heterocycles. The molecule has 9 heteroatoms. The summed E-state index contributed by atoms with van der Waals surface area (Å²) in [6.07, 6.45) is 3.97. The zero-order valence-corrected chi connectivity index (χ0v) is 18.5. The second-order valence-electron chi connectivity index (χ2n) is 5.91. The van der Waals surface area contributed by atoms with E-state index < -0.39 is 6.61 Å². The number of ether oxygens (including phenoxy) is 3. The van der Waals surface area contributed by atoms with Crippen LogP contribution >= 0.6 is 24.0 Å². The number of halogens is 3. The van der Waals surface area contributed by atoms with Gasteiger partial charge in [-0.3, -0.25) is 0 Å². The van der Waals surface area contributed by atoms with Gasteiger partial charge in [0.1, 0.15) is 11.5 Å². The van der Waals surface area contributed by atoms with Crippen LogP contribution in [0.25, 0.3) is 0 Å². The lowest BCUT2D eigenvalue weighted by Crippen LogP contribution is -2.38. The van der Waals surface area contributed by atoms with E-state index >= 15 is 0 Å². The molecule has 2 N–H and O–H groups in total. The topological polar surface area (TPSA) is 64.1 Å². The van der Waals surface area contributed by atoms with Gasteiger partial charge in [-0.25, -0.2) is 4.99 Å². The number of nitrogens with one attached hydrogen (secondary N) is 2. The second kappa shape index (κ2) is 13.5. The molecule has 6 nitrogen and oxygen atoms in total. The highest BCUT2D eigenvalue weighted by Gasteiger charge is 2.11. The van der Waals surface area contributed by atoms with Crippen LogP contribution in [0.5, 0.6) is 11.5 Å². The van der Waals surface area contributed by atoms with Gasteiger partial charge in [0, 0.05) is 18.7 Å². The smallest absolute Gasteiger partial charge is 0.387 e. The minimum absolute atomic E-state index is 0. The van der Waals surface area contributed by atoms with Crippen molar-refractivity contribution in [3.63, 3.8) is 0 Å². The number of alkyl halides is 2. The zero-order valence-electron chi connectivity index (χ0n) is 16.2. The fraction of sp³-hybridized carbons (Fsp3) is 0.526. The van der Waals surface area contributed by atoms with E-state index in [1.54, 1.807) is 12.1 Å². The van der Waals surface area contributed by atoms with E-state index in [1.165, 1.54) is 18.7 Å². The number of methoxy groups -OCH3 is 1. The molecule has 0 aliphatic carbocycles. The third-order valence-corrected chi connectivity index (χ3v) is 4.03. The summed E-state index contributed by atoms with van der Waals surface area (Å²) in [7, 11) is 1.52. The fourth-order valence-corrected chi connectivity index (χ4v) is 2.66. The molecule has 0 saturated heterocycles. The summed E-state index contributed by atoms with van der Waals surface area (Å²) in [6.45, 7) is 2.13. The molecule has 2 rings (SSSR count). The lowest BCUT2D eigenvalue weighted by molar-refractivity contribution is -0.0504. The van der Waals surface area contributed by atoms with Gasteiger partial charge in [-0.2, -0.15) is 8.78 Å². The Labute approximate surface area is 181 Å². The Hall–Kier alpha value is -1.62. The molecule has 0 saturated carbocycles. The van der Waals surface area contributed by atoms with Gasteiger partial charge < -0.3 is 24.8 Å². The molecule has 1 aliphatic heterocycles. The number of guanidine groups is 1. The van der Waals surface area contributed by atoms with Crippen LogP contribution < -0.4 is 20.1 Å². The molecular weight excluding hydrogens is 483 g/mol. The Morgan fingerprint density at radius 3 is 2.79 bits per heavy atom. The molecule has 1 aromatic rings. The Balaban J connectivity index is 0.00000392. The van der Waals surface area contributed by atoms with E-state index in [0.29, 0.717) is 30.4 Å². The zero-order chi connectivity index (χ0) is 19.5. The molecule has 0 radical (unpaired) electrons. The van der Waals surface area contributed by atoms with Gasteiger partial charge in [0.05, 0.1) is 26.9 Å². The average Bonchev–Trinajstić information content (AvgIpc) is 2.67. The maximum Gasteiger partial charge on any atom is 0.387 e. The van der Waals surface area contributed by atoms with Crippen LogP contribution in [0.2, 0.25) is 0 Å². The highest BCUT2D eigenvalue weighted by molar-refractivity contribution is 14.0. The van der Waals surface area contributed by atoms with E-state index in [0.717, 1.165) is 26.0 Å². The van der Waals surface area contributed by atoms with Crippen LogP contribution in [0.3, 0.4) is 0 Å². The van der Waals surface area contributed by atoms with E-state index in [-0.39, 0.29) is 36.3 Å². The van der Waals surface area contributed by atoms with Gasteiger partial charge in [-0.1, -0.05) is 11.6 Å². The van der Waals surface area contributed by atoms with Crippen molar-refractivity contribution < 1.29 is 23.0 Å². The molecule has 0 fully saturated rings. The largest absolute Gasteiger partial charge is 0.497 e. The van der Waals surface area contributed by atoms with Crippen molar-refractivity contribution in [2.24, 2.45) is 4.99 Å². The fourth-order valence-electron chi connectivity index (χ4n) is 2.66. The summed E-state index contributed by atoms with van der Waals surface area (Å²) in [6, 6.07) is 4.70. The monoisotopic (exact) mass is 511 g/mol. The quantitative estimate of drug-likeness (QED) is 0.229. The Morgan fingerprint density at radius 1 is 1.32 bits per heavy atom. The first kappa shape index (κ1) is 24.4. The summed E-state index contributed by atoms with van der Waals surface area (Å²) in [5.74, 6) is 1.28. The summed E-state index contributed by atoms with van der Waals surface area (Å²) >= 11 is 0. The van der Waals surface area contributed by atoms with Crippen molar-refractivity contribution in [2.45, 2.75) is 32.9 Å². The third-order valence-electron chi connectivity index (χ3n) is 4.03. The molecule has 28 heavy (non-hydrogen) atoms. The number of benzene rings is 1. The lowest BCUT2D eigenvalue weighted by Gasteiger charge is -2.16. The highest BCUT2D eigenvalue weighted by atomic mass is 127.